The minimum Gasteiger partial charge on any atom is -0.493 e. The molecular formula is C21H18O4S. The van der Waals surface area contributed by atoms with Crippen molar-refractivity contribution in [2.24, 2.45) is 0 Å². The standard InChI is InChI=1S/C21H18O4S/c1-2-24-19-12-16(20-11-9-17(13-22)26-20)8-10-18(19)21(23)25-14-15-6-4-3-5-7-15/h3-13H,2,14H2,1H3. The van der Waals surface area contributed by atoms with E-state index < -0.39 is 5.97 Å². The Hall–Kier alpha value is -2.92. The van der Waals surface area contributed by atoms with E-state index in [2.05, 4.69) is 0 Å². The highest BCUT2D eigenvalue weighted by molar-refractivity contribution is 7.17. The van der Waals surface area contributed by atoms with Gasteiger partial charge in [-0.3, -0.25) is 4.79 Å². The summed E-state index contributed by atoms with van der Waals surface area (Å²) in [5, 5.41) is 0. The van der Waals surface area contributed by atoms with E-state index in [1.165, 1.54) is 11.3 Å². The Morgan fingerprint density at radius 3 is 2.58 bits per heavy atom. The lowest BCUT2D eigenvalue weighted by Crippen LogP contribution is -2.08. The molecule has 0 atom stereocenters. The predicted octanol–water partition coefficient (Wildman–Crippen LogP) is 4.98. The second-order valence-electron chi connectivity index (χ2n) is 5.53. The van der Waals surface area contributed by atoms with Gasteiger partial charge in [0.1, 0.15) is 17.9 Å². The molecule has 26 heavy (non-hydrogen) atoms. The van der Waals surface area contributed by atoms with Gasteiger partial charge in [0.15, 0.2) is 6.29 Å². The van der Waals surface area contributed by atoms with Crippen LogP contribution in [-0.2, 0) is 11.3 Å². The van der Waals surface area contributed by atoms with Crippen LogP contribution in [0.25, 0.3) is 10.4 Å². The number of thiophene rings is 1. The van der Waals surface area contributed by atoms with E-state index >= 15 is 0 Å². The molecule has 0 fully saturated rings. The Morgan fingerprint density at radius 1 is 1.08 bits per heavy atom. The maximum absolute atomic E-state index is 12.5. The van der Waals surface area contributed by atoms with E-state index in [1.807, 2.05) is 55.5 Å². The van der Waals surface area contributed by atoms with Crippen LogP contribution >= 0.6 is 11.3 Å². The fourth-order valence-corrected chi connectivity index (χ4v) is 3.31. The highest BCUT2D eigenvalue weighted by Gasteiger charge is 2.16. The van der Waals surface area contributed by atoms with Crippen molar-refractivity contribution < 1.29 is 19.1 Å². The van der Waals surface area contributed by atoms with Crippen LogP contribution in [0.5, 0.6) is 5.75 Å². The average Bonchev–Trinajstić information content (AvgIpc) is 3.16. The molecule has 0 amide bonds. The molecule has 0 bridgehead atoms. The number of hydrogen-bond acceptors (Lipinski definition) is 5. The monoisotopic (exact) mass is 366 g/mol. The normalized spacial score (nSPS) is 10.3. The first-order valence-electron chi connectivity index (χ1n) is 8.24. The Bertz CT molecular complexity index is 899. The Kier molecular flexibility index (Phi) is 5.81. The molecule has 3 rings (SSSR count). The zero-order chi connectivity index (χ0) is 18.4. The number of carbonyl (C=O) groups excluding carboxylic acids is 2. The summed E-state index contributed by atoms with van der Waals surface area (Å²) in [6.45, 7) is 2.51. The summed E-state index contributed by atoms with van der Waals surface area (Å²) in [5.41, 5.74) is 2.21. The van der Waals surface area contributed by atoms with Gasteiger partial charge in [-0.15, -0.1) is 11.3 Å². The van der Waals surface area contributed by atoms with Crippen molar-refractivity contribution in [1.29, 1.82) is 0 Å². The molecule has 0 N–H and O–H groups in total. The van der Waals surface area contributed by atoms with Gasteiger partial charge in [0, 0.05) is 4.88 Å². The number of benzene rings is 2. The smallest absolute Gasteiger partial charge is 0.342 e. The molecule has 0 unspecified atom stereocenters. The summed E-state index contributed by atoms with van der Waals surface area (Å²) >= 11 is 1.39. The van der Waals surface area contributed by atoms with Crippen LogP contribution in [-0.4, -0.2) is 18.9 Å². The molecule has 0 saturated carbocycles. The van der Waals surface area contributed by atoms with E-state index in [1.54, 1.807) is 12.1 Å². The van der Waals surface area contributed by atoms with Crippen LogP contribution in [0.3, 0.4) is 0 Å². The zero-order valence-electron chi connectivity index (χ0n) is 14.3. The summed E-state index contributed by atoms with van der Waals surface area (Å²) in [5.74, 6) is 0.0488. The van der Waals surface area contributed by atoms with Gasteiger partial charge in [0.25, 0.3) is 0 Å². The van der Waals surface area contributed by atoms with Gasteiger partial charge in [-0.25, -0.2) is 4.79 Å². The molecule has 4 nitrogen and oxygen atoms in total. The van der Waals surface area contributed by atoms with Crippen molar-refractivity contribution in [1.82, 2.24) is 0 Å². The minimum absolute atomic E-state index is 0.209. The maximum atomic E-state index is 12.5. The lowest BCUT2D eigenvalue weighted by Gasteiger charge is -2.12. The van der Waals surface area contributed by atoms with Crippen molar-refractivity contribution in [2.45, 2.75) is 13.5 Å². The first kappa shape index (κ1) is 17.9. The predicted molar refractivity (Wildman–Crippen MR) is 102 cm³/mol. The van der Waals surface area contributed by atoms with E-state index in [0.717, 1.165) is 22.3 Å². The molecule has 0 aliphatic heterocycles. The maximum Gasteiger partial charge on any atom is 0.342 e. The van der Waals surface area contributed by atoms with Crippen molar-refractivity contribution in [3.05, 3.63) is 76.7 Å². The van der Waals surface area contributed by atoms with Crippen molar-refractivity contribution in [2.75, 3.05) is 6.61 Å². The lowest BCUT2D eigenvalue weighted by atomic mass is 10.1. The Morgan fingerprint density at radius 2 is 1.88 bits per heavy atom. The number of ether oxygens (including phenoxy) is 2. The van der Waals surface area contributed by atoms with Crippen LogP contribution in [0.1, 0.15) is 32.5 Å². The van der Waals surface area contributed by atoms with Crippen LogP contribution in [0.2, 0.25) is 0 Å². The molecular weight excluding hydrogens is 348 g/mol. The Balaban J connectivity index is 1.81. The number of hydrogen-bond donors (Lipinski definition) is 0. The first-order chi connectivity index (χ1) is 12.7. The summed E-state index contributed by atoms with van der Waals surface area (Å²) in [4.78, 5) is 24.9. The van der Waals surface area contributed by atoms with Crippen molar-refractivity contribution in [3.8, 4) is 16.2 Å². The first-order valence-corrected chi connectivity index (χ1v) is 9.06. The van der Waals surface area contributed by atoms with Crippen LogP contribution < -0.4 is 4.74 Å². The van der Waals surface area contributed by atoms with Gasteiger partial charge >= 0.3 is 5.97 Å². The van der Waals surface area contributed by atoms with Crippen molar-refractivity contribution in [3.63, 3.8) is 0 Å². The number of esters is 1. The number of rotatable bonds is 7. The summed E-state index contributed by atoms with van der Waals surface area (Å²) in [6, 6.07) is 18.5. The van der Waals surface area contributed by atoms with Crippen LogP contribution in [0, 0.1) is 0 Å². The third kappa shape index (κ3) is 4.18. The molecule has 0 aliphatic carbocycles. The summed E-state index contributed by atoms with van der Waals surface area (Å²) in [6.07, 6.45) is 0.826. The summed E-state index contributed by atoms with van der Waals surface area (Å²) < 4.78 is 11.0. The number of aldehydes is 1. The molecule has 0 radical (unpaired) electrons. The molecule has 0 saturated heterocycles. The molecule has 1 aromatic heterocycles. The van der Waals surface area contributed by atoms with E-state index in [-0.39, 0.29) is 6.61 Å². The average molecular weight is 366 g/mol. The summed E-state index contributed by atoms with van der Waals surface area (Å²) in [7, 11) is 0. The van der Waals surface area contributed by atoms with E-state index in [4.69, 9.17) is 9.47 Å². The van der Waals surface area contributed by atoms with Gasteiger partial charge in [-0.2, -0.15) is 0 Å². The molecule has 0 aliphatic rings. The van der Waals surface area contributed by atoms with Gasteiger partial charge in [0.2, 0.25) is 0 Å². The zero-order valence-corrected chi connectivity index (χ0v) is 15.1. The van der Waals surface area contributed by atoms with Gasteiger partial charge in [-0.1, -0.05) is 36.4 Å². The van der Waals surface area contributed by atoms with E-state index in [9.17, 15) is 9.59 Å². The SMILES string of the molecule is CCOc1cc(-c2ccc(C=O)s2)ccc1C(=O)OCc1ccccc1. The number of carbonyl (C=O) groups is 2. The highest BCUT2D eigenvalue weighted by atomic mass is 32.1. The van der Waals surface area contributed by atoms with Gasteiger partial charge < -0.3 is 9.47 Å². The Labute approximate surface area is 156 Å². The second kappa shape index (κ2) is 8.45. The van der Waals surface area contributed by atoms with Gasteiger partial charge in [-0.05, 0) is 42.3 Å². The lowest BCUT2D eigenvalue weighted by molar-refractivity contribution is 0.0468. The quantitative estimate of drug-likeness (QED) is 0.437. The van der Waals surface area contributed by atoms with Crippen LogP contribution in [0.15, 0.2) is 60.7 Å². The van der Waals surface area contributed by atoms with Crippen molar-refractivity contribution >= 4 is 23.6 Å². The topological polar surface area (TPSA) is 52.6 Å². The fourth-order valence-electron chi connectivity index (χ4n) is 2.49. The van der Waals surface area contributed by atoms with E-state index in [0.29, 0.717) is 22.8 Å². The molecule has 2 aromatic carbocycles. The fraction of sp³-hybridized carbons (Fsp3) is 0.143. The third-order valence-corrected chi connectivity index (χ3v) is 4.80. The molecule has 0 spiro atoms. The second-order valence-corrected chi connectivity index (χ2v) is 6.64. The third-order valence-electron chi connectivity index (χ3n) is 3.74. The highest BCUT2D eigenvalue weighted by Crippen LogP contribution is 2.32. The van der Waals surface area contributed by atoms with Crippen LogP contribution in [0.4, 0.5) is 0 Å². The largest absolute Gasteiger partial charge is 0.493 e. The molecule has 132 valence electrons. The van der Waals surface area contributed by atoms with Gasteiger partial charge in [0.05, 0.1) is 11.5 Å². The molecule has 1 heterocycles. The molecule has 3 aromatic rings. The minimum atomic E-state index is -0.427. The molecule has 5 heteroatoms.